The van der Waals surface area contributed by atoms with E-state index in [0.717, 1.165) is 11.1 Å². The topological polar surface area (TPSA) is 153 Å². The molecule has 0 aliphatic carbocycles. The summed E-state index contributed by atoms with van der Waals surface area (Å²) >= 11 is 0. The van der Waals surface area contributed by atoms with Gasteiger partial charge in [0.1, 0.15) is 0 Å². The smallest absolute Gasteiger partial charge is 0.328 e. The van der Waals surface area contributed by atoms with Crippen LogP contribution in [-0.4, -0.2) is 43.2 Å². The molecule has 0 atom stereocenters. The van der Waals surface area contributed by atoms with E-state index in [-0.39, 0.29) is 30.6 Å². The molecule has 2 aromatic carbocycles. The minimum atomic E-state index is -0.436. The minimum Gasteiger partial charge on any atom is -0.504 e. The lowest BCUT2D eigenvalue weighted by atomic mass is 10.0. The van der Waals surface area contributed by atoms with Gasteiger partial charge in [0, 0.05) is 23.5 Å². The molecule has 2 aromatic heterocycles. The Hall–Kier alpha value is -4.73. The van der Waals surface area contributed by atoms with Gasteiger partial charge in [-0.05, 0) is 35.4 Å². The van der Waals surface area contributed by atoms with Crippen molar-refractivity contribution in [2.75, 3.05) is 7.11 Å². The van der Waals surface area contributed by atoms with Crippen LogP contribution in [0, 0.1) is 0 Å². The van der Waals surface area contributed by atoms with E-state index >= 15 is 0 Å². The molecule has 34 heavy (non-hydrogen) atoms. The van der Waals surface area contributed by atoms with E-state index in [0.29, 0.717) is 22.1 Å². The number of hydrogen-bond donors (Lipinski definition) is 5. The summed E-state index contributed by atoms with van der Waals surface area (Å²) in [4.78, 5) is 33.0. The number of H-pyrrole nitrogens is 2. The first kappa shape index (κ1) is 22.5. The SMILES string of the molecule is COc1ccc(CN=Cc2c(O)[nH]c(=O)c3ccc(C=CCn4cc(O)[nH]c4=O)cc23)cc1O. The summed E-state index contributed by atoms with van der Waals surface area (Å²) in [6.07, 6.45) is 6.24. The van der Waals surface area contributed by atoms with Gasteiger partial charge in [0.2, 0.25) is 11.8 Å². The monoisotopic (exact) mass is 462 g/mol. The van der Waals surface area contributed by atoms with Gasteiger partial charge in [-0.15, -0.1) is 0 Å². The third-order valence-electron chi connectivity index (χ3n) is 5.19. The number of benzene rings is 2. The van der Waals surface area contributed by atoms with Crippen LogP contribution in [0.4, 0.5) is 0 Å². The maximum atomic E-state index is 12.3. The first-order valence-corrected chi connectivity index (χ1v) is 10.3. The van der Waals surface area contributed by atoms with Gasteiger partial charge < -0.3 is 20.1 Å². The number of aromatic nitrogens is 3. The summed E-state index contributed by atoms with van der Waals surface area (Å²) in [7, 11) is 1.46. The Morgan fingerprint density at radius 3 is 2.59 bits per heavy atom. The van der Waals surface area contributed by atoms with Crippen LogP contribution in [0.2, 0.25) is 0 Å². The summed E-state index contributed by atoms with van der Waals surface area (Å²) in [6, 6.07) is 10.1. The van der Waals surface area contributed by atoms with E-state index in [2.05, 4.69) is 15.0 Å². The molecule has 4 rings (SSSR count). The highest BCUT2D eigenvalue weighted by Gasteiger charge is 2.10. The maximum Gasteiger partial charge on any atom is 0.328 e. The molecule has 0 radical (unpaired) electrons. The fraction of sp³-hybridized carbons (Fsp3) is 0.125. The molecule has 2 heterocycles. The standard InChI is InChI=1S/C24H22N4O6/c1-34-20-7-5-15(10-19(20)29)11-25-12-18-17-9-14(4-6-16(17)22(31)27-23(18)32)3-2-8-28-13-21(30)26-24(28)33/h2-7,9-10,12-13,29-30H,8,11H2,1H3,(H,26,33)(H2,27,31,32). The number of hydrogen-bond acceptors (Lipinski definition) is 7. The number of aliphatic imine (C=N–C) groups is 1. The van der Waals surface area contributed by atoms with Crippen LogP contribution in [0.3, 0.4) is 0 Å². The van der Waals surface area contributed by atoms with Gasteiger partial charge >= 0.3 is 5.69 Å². The van der Waals surface area contributed by atoms with Gasteiger partial charge in [-0.2, -0.15) is 0 Å². The van der Waals surface area contributed by atoms with E-state index in [1.165, 1.54) is 24.1 Å². The fourth-order valence-electron chi connectivity index (χ4n) is 3.52. The lowest BCUT2D eigenvalue weighted by Crippen LogP contribution is -2.14. The number of phenols is 1. The highest BCUT2D eigenvalue weighted by atomic mass is 16.5. The molecule has 10 heteroatoms. The molecular formula is C24H22N4O6. The first-order valence-electron chi connectivity index (χ1n) is 10.3. The zero-order valence-electron chi connectivity index (χ0n) is 18.1. The molecule has 0 saturated heterocycles. The van der Waals surface area contributed by atoms with Crippen LogP contribution < -0.4 is 16.0 Å². The van der Waals surface area contributed by atoms with Crippen molar-refractivity contribution in [2.24, 2.45) is 4.99 Å². The highest BCUT2D eigenvalue weighted by molar-refractivity contribution is 6.02. The molecule has 0 amide bonds. The number of allylic oxidation sites excluding steroid dienone is 1. The van der Waals surface area contributed by atoms with Crippen molar-refractivity contribution in [2.45, 2.75) is 13.1 Å². The van der Waals surface area contributed by atoms with Crippen LogP contribution in [-0.2, 0) is 13.1 Å². The summed E-state index contributed by atoms with van der Waals surface area (Å²) in [5.41, 5.74) is 0.947. The van der Waals surface area contributed by atoms with E-state index in [9.17, 15) is 24.9 Å². The third-order valence-corrected chi connectivity index (χ3v) is 5.19. The molecule has 4 aromatic rings. The van der Waals surface area contributed by atoms with Crippen molar-refractivity contribution < 1.29 is 20.1 Å². The van der Waals surface area contributed by atoms with Crippen molar-refractivity contribution in [3.63, 3.8) is 0 Å². The van der Waals surface area contributed by atoms with Crippen LogP contribution in [0.15, 0.2) is 63.3 Å². The number of aromatic hydroxyl groups is 3. The number of fused-ring (bicyclic) bond motifs is 1. The number of rotatable bonds is 7. The van der Waals surface area contributed by atoms with Crippen molar-refractivity contribution in [1.82, 2.24) is 14.5 Å². The van der Waals surface area contributed by atoms with Crippen LogP contribution in [0.1, 0.15) is 16.7 Å². The number of phenolic OH excluding ortho intramolecular Hbond substituents is 1. The van der Waals surface area contributed by atoms with Crippen LogP contribution in [0.25, 0.3) is 16.8 Å². The molecule has 0 fully saturated rings. The predicted molar refractivity (Wildman–Crippen MR) is 128 cm³/mol. The van der Waals surface area contributed by atoms with Gasteiger partial charge in [0.25, 0.3) is 5.56 Å². The Kier molecular flexibility index (Phi) is 6.22. The van der Waals surface area contributed by atoms with Crippen molar-refractivity contribution in [1.29, 1.82) is 0 Å². The summed E-state index contributed by atoms with van der Waals surface area (Å²) in [5, 5.41) is 30.5. The normalized spacial score (nSPS) is 11.7. The quantitative estimate of drug-likeness (QED) is 0.266. The van der Waals surface area contributed by atoms with Crippen LogP contribution in [0.5, 0.6) is 23.3 Å². The summed E-state index contributed by atoms with van der Waals surface area (Å²) in [5.74, 6) is -0.168. The Morgan fingerprint density at radius 1 is 1.06 bits per heavy atom. The second kappa shape index (κ2) is 9.41. The van der Waals surface area contributed by atoms with Gasteiger partial charge in [0.15, 0.2) is 11.5 Å². The average molecular weight is 462 g/mol. The molecule has 5 N–H and O–H groups in total. The molecule has 10 nitrogen and oxygen atoms in total. The van der Waals surface area contributed by atoms with E-state index in [1.54, 1.807) is 48.6 Å². The van der Waals surface area contributed by atoms with Crippen molar-refractivity contribution in [3.8, 4) is 23.3 Å². The number of nitrogens with zero attached hydrogens (tertiary/aromatic N) is 2. The first-order chi connectivity index (χ1) is 16.4. The van der Waals surface area contributed by atoms with Gasteiger partial charge in [0.05, 0.1) is 25.4 Å². The lowest BCUT2D eigenvalue weighted by molar-refractivity contribution is 0.373. The highest BCUT2D eigenvalue weighted by Crippen LogP contribution is 2.27. The molecule has 174 valence electrons. The van der Waals surface area contributed by atoms with E-state index in [4.69, 9.17) is 4.74 Å². The number of aromatic amines is 2. The second-order valence-corrected chi connectivity index (χ2v) is 7.50. The molecule has 0 spiro atoms. The Balaban J connectivity index is 1.62. The van der Waals surface area contributed by atoms with Gasteiger partial charge in [-0.25, -0.2) is 4.79 Å². The van der Waals surface area contributed by atoms with Crippen LogP contribution >= 0.6 is 0 Å². The van der Waals surface area contributed by atoms with Crippen molar-refractivity contribution in [3.05, 3.63) is 86.2 Å². The number of methoxy groups -OCH3 is 1. The number of pyridine rings is 1. The Bertz CT molecular complexity index is 1530. The minimum absolute atomic E-state index is 0.00100. The third kappa shape index (κ3) is 4.70. The second-order valence-electron chi connectivity index (χ2n) is 7.50. The van der Waals surface area contributed by atoms with Crippen molar-refractivity contribution >= 4 is 23.1 Å². The molecular weight excluding hydrogens is 440 g/mol. The molecule has 0 bridgehead atoms. The number of nitrogens with one attached hydrogen (secondary N) is 2. The molecule has 0 aliphatic rings. The Labute approximate surface area is 192 Å². The summed E-state index contributed by atoms with van der Waals surface area (Å²) < 4.78 is 6.33. The Morgan fingerprint density at radius 2 is 1.88 bits per heavy atom. The fourth-order valence-corrected chi connectivity index (χ4v) is 3.52. The lowest BCUT2D eigenvalue weighted by Gasteiger charge is -2.07. The average Bonchev–Trinajstić information content (AvgIpc) is 3.12. The number of ether oxygens (including phenoxy) is 1. The van der Waals surface area contributed by atoms with E-state index in [1.807, 2.05) is 0 Å². The molecule has 0 aliphatic heterocycles. The zero-order chi connectivity index (χ0) is 24.2. The molecule has 0 unspecified atom stereocenters. The zero-order valence-corrected chi connectivity index (χ0v) is 18.1. The number of imidazole rings is 1. The van der Waals surface area contributed by atoms with Gasteiger partial charge in [-0.3, -0.25) is 24.3 Å². The summed E-state index contributed by atoms with van der Waals surface area (Å²) in [6.45, 7) is 0.465. The maximum absolute atomic E-state index is 12.3. The largest absolute Gasteiger partial charge is 0.504 e. The van der Waals surface area contributed by atoms with Gasteiger partial charge in [-0.1, -0.05) is 24.3 Å². The van der Waals surface area contributed by atoms with E-state index < -0.39 is 11.2 Å². The predicted octanol–water partition coefficient (Wildman–Crippen LogP) is 2.48. The molecule has 0 saturated carbocycles.